The fourth-order valence-corrected chi connectivity index (χ4v) is 2.97. The third-order valence-corrected chi connectivity index (χ3v) is 4.26. The number of nitrogens with zero attached hydrogens (tertiary/aromatic N) is 1. The number of hydrogen-bond acceptors (Lipinski definition) is 4. The van der Waals surface area contributed by atoms with Crippen LogP contribution in [0.3, 0.4) is 0 Å². The average molecular weight is 378 g/mol. The minimum Gasteiger partial charge on any atom is -0.384 e. The maximum atomic E-state index is 13.1. The van der Waals surface area contributed by atoms with Gasteiger partial charge in [0.25, 0.3) is 0 Å². The molecule has 0 aliphatic carbocycles. The number of aliphatic hydroxyl groups is 1. The van der Waals surface area contributed by atoms with Gasteiger partial charge < -0.3 is 21.1 Å². The third kappa shape index (κ3) is 6.12. The first-order chi connectivity index (χ1) is 12.4. The summed E-state index contributed by atoms with van der Waals surface area (Å²) < 4.78 is 13.1. The predicted molar refractivity (Wildman–Crippen MR) is 103 cm³/mol. The van der Waals surface area contributed by atoms with Gasteiger partial charge in [-0.05, 0) is 54.4 Å². The summed E-state index contributed by atoms with van der Waals surface area (Å²) in [6, 6.07) is 7.53. The summed E-state index contributed by atoms with van der Waals surface area (Å²) in [5, 5.41) is 23.0. The summed E-state index contributed by atoms with van der Waals surface area (Å²) in [7, 11) is 0. The molecule has 26 heavy (non-hydrogen) atoms. The van der Waals surface area contributed by atoms with E-state index in [1.807, 2.05) is 23.8 Å². The largest absolute Gasteiger partial charge is 0.384 e. The van der Waals surface area contributed by atoms with Crippen LogP contribution in [-0.4, -0.2) is 36.6 Å². The second kappa shape index (κ2) is 9.30. The summed E-state index contributed by atoms with van der Waals surface area (Å²) in [4.78, 5) is 16.2. The van der Waals surface area contributed by atoms with E-state index in [2.05, 4.69) is 20.9 Å². The van der Waals surface area contributed by atoms with E-state index in [0.717, 1.165) is 5.56 Å². The zero-order valence-electron chi connectivity index (χ0n) is 14.8. The van der Waals surface area contributed by atoms with Gasteiger partial charge in [-0.2, -0.15) is 11.3 Å². The first-order valence-corrected chi connectivity index (χ1v) is 9.17. The number of halogens is 1. The molecule has 2 aromatic rings. The highest BCUT2D eigenvalue weighted by atomic mass is 32.1. The van der Waals surface area contributed by atoms with Gasteiger partial charge in [-0.1, -0.05) is 6.07 Å². The Hall–Kier alpha value is -2.45. The molecule has 0 spiro atoms. The molecule has 140 valence electrons. The Labute approximate surface area is 156 Å². The van der Waals surface area contributed by atoms with Crippen molar-refractivity contribution in [2.45, 2.75) is 19.4 Å². The van der Waals surface area contributed by atoms with Gasteiger partial charge in [0, 0.05) is 12.2 Å². The fraction of sp³-hybridized carbons (Fsp3) is 0.333. The number of guanidine groups is 1. The molecule has 0 saturated carbocycles. The van der Waals surface area contributed by atoms with Crippen LogP contribution >= 0.6 is 11.3 Å². The number of amides is 1. The molecule has 2 rings (SSSR count). The first kappa shape index (κ1) is 19.9. The molecule has 1 aromatic carbocycles. The number of aliphatic imine (C=N–C) groups is 1. The van der Waals surface area contributed by atoms with Gasteiger partial charge in [-0.15, -0.1) is 0 Å². The van der Waals surface area contributed by atoms with Crippen molar-refractivity contribution in [3.63, 3.8) is 0 Å². The van der Waals surface area contributed by atoms with Crippen molar-refractivity contribution >= 4 is 28.9 Å². The van der Waals surface area contributed by atoms with Crippen LogP contribution in [0.25, 0.3) is 0 Å². The number of thiophene rings is 1. The lowest BCUT2D eigenvalue weighted by Gasteiger charge is -2.24. The monoisotopic (exact) mass is 378 g/mol. The summed E-state index contributed by atoms with van der Waals surface area (Å²) in [5.74, 6) is -0.369. The van der Waals surface area contributed by atoms with Crippen molar-refractivity contribution in [1.82, 2.24) is 10.6 Å². The Morgan fingerprint density at radius 3 is 2.81 bits per heavy atom. The molecule has 8 heteroatoms. The van der Waals surface area contributed by atoms with E-state index in [9.17, 15) is 14.3 Å². The highest BCUT2D eigenvalue weighted by molar-refractivity contribution is 7.08. The smallest absolute Gasteiger partial charge is 0.246 e. The number of hydrogen-bond donors (Lipinski definition) is 4. The van der Waals surface area contributed by atoms with Crippen LogP contribution in [0.15, 0.2) is 46.1 Å². The molecule has 1 amide bonds. The molecule has 0 saturated heterocycles. The second-order valence-electron chi connectivity index (χ2n) is 5.89. The van der Waals surface area contributed by atoms with Crippen LogP contribution < -0.4 is 16.0 Å². The lowest BCUT2D eigenvalue weighted by molar-refractivity contribution is -0.114. The number of benzene rings is 1. The molecular formula is C18H23FN4O2S. The molecule has 1 heterocycles. The van der Waals surface area contributed by atoms with Crippen LogP contribution in [0.2, 0.25) is 0 Å². The lowest BCUT2D eigenvalue weighted by atomic mass is 9.99. The Morgan fingerprint density at radius 1 is 1.35 bits per heavy atom. The van der Waals surface area contributed by atoms with Gasteiger partial charge in [0.15, 0.2) is 5.96 Å². The minimum atomic E-state index is -1.06. The summed E-state index contributed by atoms with van der Waals surface area (Å²) in [6.45, 7) is 4.33. The highest BCUT2D eigenvalue weighted by Gasteiger charge is 2.23. The molecule has 1 unspecified atom stereocenters. The standard InChI is InChI=1S/C18H23FN4O2S/c1-3-20-17(22-12-18(2,25)13-7-8-26-11-13)21-10-16(24)23-15-6-4-5-14(19)9-15/h4-9,11,25H,3,10,12H2,1-2H3,(H,23,24)(H2,20,21,22). The number of nitrogens with one attached hydrogen (secondary N) is 3. The molecular weight excluding hydrogens is 355 g/mol. The van der Waals surface area contributed by atoms with Gasteiger partial charge in [-0.3, -0.25) is 4.79 Å². The van der Waals surface area contributed by atoms with Crippen molar-refractivity contribution in [3.8, 4) is 0 Å². The molecule has 0 fully saturated rings. The fourth-order valence-electron chi connectivity index (χ4n) is 2.19. The number of carbonyl (C=O) groups is 1. The van der Waals surface area contributed by atoms with Crippen molar-refractivity contribution in [2.75, 3.05) is 25.0 Å². The van der Waals surface area contributed by atoms with Gasteiger partial charge in [-0.25, -0.2) is 9.38 Å². The van der Waals surface area contributed by atoms with Crippen LogP contribution in [0.5, 0.6) is 0 Å². The van der Waals surface area contributed by atoms with E-state index in [4.69, 9.17) is 0 Å². The SMILES string of the molecule is CCNC(=NCC(=O)Nc1cccc(F)c1)NCC(C)(O)c1ccsc1. The molecule has 1 atom stereocenters. The van der Waals surface area contributed by atoms with Crippen LogP contribution in [0, 0.1) is 5.82 Å². The summed E-state index contributed by atoms with van der Waals surface area (Å²) in [5.41, 5.74) is 0.137. The molecule has 0 aliphatic rings. The quantitative estimate of drug-likeness (QED) is 0.440. The van der Waals surface area contributed by atoms with Crippen molar-refractivity contribution in [2.24, 2.45) is 4.99 Å². The van der Waals surface area contributed by atoms with Crippen LogP contribution in [-0.2, 0) is 10.4 Å². The second-order valence-corrected chi connectivity index (χ2v) is 6.67. The zero-order valence-corrected chi connectivity index (χ0v) is 15.6. The normalized spacial score (nSPS) is 13.8. The summed E-state index contributed by atoms with van der Waals surface area (Å²) >= 11 is 1.51. The van der Waals surface area contributed by atoms with E-state index in [1.54, 1.807) is 13.0 Å². The van der Waals surface area contributed by atoms with Crippen LogP contribution in [0.1, 0.15) is 19.4 Å². The van der Waals surface area contributed by atoms with Gasteiger partial charge >= 0.3 is 0 Å². The maximum absolute atomic E-state index is 13.1. The molecule has 4 N–H and O–H groups in total. The van der Waals surface area contributed by atoms with E-state index < -0.39 is 11.4 Å². The summed E-state index contributed by atoms with van der Waals surface area (Å²) in [6.07, 6.45) is 0. The minimum absolute atomic E-state index is 0.132. The highest BCUT2D eigenvalue weighted by Crippen LogP contribution is 2.21. The molecule has 1 aromatic heterocycles. The van der Waals surface area contributed by atoms with E-state index >= 15 is 0 Å². The molecule has 0 aliphatic heterocycles. The van der Waals surface area contributed by atoms with E-state index in [-0.39, 0.29) is 19.0 Å². The third-order valence-electron chi connectivity index (χ3n) is 3.58. The van der Waals surface area contributed by atoms with E-state index in [0.29, 0.717) is 18.2 Å². The average Bonchev–Trinajstić information content (AvgIpc) is 3.13. The zero-order chi connectivity index (χ0) is 19.0. The lowest BCUT2D eigenvalue weighted by Crippen LogP contribution is -2.44. The Bertz CT molecular complexity index is 747. The predicted octanol–water partition coefficient (Wildman–Crippen LogP) is 2.29. The molecule has 0 bridgehead atoms. The van der Waals surface area contributed by atoms with Crippen molar-refractivity contribution < 1.29 is 14.3 Å². The molecule has 6 nitrogen and oxygen atoms in total. The van der Waals surface area contributed by atoms with Crippen LogP contribution in [0.4, 0.5) is 10.1 Å². The van der Waals surface area contributed by atoms with E-state index in [1.165, 1.54) is 29.5 Å². The van der Waals surface area contributed by atoms with Crippen molar-refractivity contribution in [1.29, 1.82) is 0 Å². The number of anilines is 1. The maximum Gasteiger partial charge on any atom is 0.246 e. The Kier molecular flexibility index (Phi) is 7.11. The van der Waals surface area contributed by atoms with Gasteiger partial charge in [0.1, 0.15) is 18.0 Å². The number of rotatable bonds is 7. The topological polar surface area (TPSA) is 85.8 Å². The molecule has 0 radical (unpaired) electrons. The van der Waals surface area contributed by atoms with Gasteiger partial charge in [0.05, 0.1) is 6.54 Å². The number of carbonyl (C=O) groups excluding carboxylic acids is 1. The van der Waals surface area contributed by atoms with Gasteiger partial charge in [0.2, 0.25) is 5.91 Å². The Morgan fingerprint density at radius 2 is 2.15 bits per heavy atom. The first-order valence-electron chi connectivity index (χ1n) is 8.23. The Balaban J connectivity index is 1.92. The van der Waals surface area contributed by atoms with Crippen molar-refractivity contribution in [3.05, 3.63) is 52.5 Å².